The van der Waals surface area contributed by atoms with Gasteiger partial charge in [-0.15, -0.1) is 0 Å². The number of hydrogen-bond donors (Lipinski definition) is 1. The summed E-state index contributed by atoms with van der Waals surface area (Å²) in [5.41, 5.74) is 1.30. The van der Waals surface area contributed by atoms with Crippen LogP contribution in [0.2, 0.25) is 0 Å². The molecule has 1 aliphatic rings. The minimum Gasteiger partial charge on any atom is -0.396 e. The molecule has 16 heavy (non-hydrogen) atoms. The Hall–Kier alpha value is -0.870. The first-order chi connectivity index (χ1) is 7.81. The molecule has 0 atom stereocenters. The predicted octanol–water partition coefficient (Wildman–Crippen LogP) is 1.11. The topological polar surface area (TPSA) is 41.3 Å². The van der Waals surface area contributed by atoms with Gasteiger partial charge in [0.05, 0.1) is 6.20 Å². The van der Waals surface area contributed by atoms with Crippen LogP contribution in [-0.2, 0) is 13.1 Å². The normalized spacial score (nSPS) is 19.1. The highest BCUT2D eigenvalue weighted by Gasteiger charge is 2.18. The van der Waals surface area contributed by atoms with E-state index in [-0.39, 0.29) is 0 Å². The van der Waals surface area contributed by atoms with Crippen LogP contribution in [0.3, 0.4) is 0 Å². The van der Waals surface area contributed by atoms with E-state index in [9.17, 15) is 0 Å². The molecule has 1 N–H and O–H groups in total. The first kappa shape index (κ1) is 11.6. The average molecular weight is 223 g/mol. The van der Waals surface area contributed by atoms with E-state index in [4.69, 9.17) is 5.11 Å². The van der Waals surface area contributed by atoms with Gasteiger partial charge in [-0.1, -0.05) is 0 Å². The van der Waals surface area contributed by atoms with Crippen molar-refractivity contribution in [3.63, 3.8) is 0 Å². The fraction of sp³-hybridized carbons (Fsp3) is 0.750. The van der Waals surface area contributed by atoms with Gasteiger partial charge in [0.2, 0.25) is 0 Å². The molecular weight excluding hydrogens is 202 g/mol. The highest BCUT2D eigenvalue weighted by atomic mass is 16.3. The lowest BCUT2D eigenvalue weighted by Gasteiger charge is -2.30. The number of aromatic nitrogens is 2. The van der Waals surface area contributed by atoms with Gasteiger partial charge < -0.3 is 5.11 Å². The molecule has 2 heterocycles. The second-order valence-corrected chi connectivity index (χ2v) is 4.61. The summed E-state index contributed by atoms with van der Waals surface area (Å²) in [6, 6.07) is 0. The molecule has 1 aromatic rings. The van der Waals surface area contributed by atoms with Crippen LogP contribution in [0.25, 0.3) is 0 Å². The van der Waals surface area contributed by atoms with Gasteiger partial charge in [0.1, 0.15) is 0 Å². The molecule has 1 fully saturated rings. The second kappa shape index (κ2) is 5.46. The quantitative estimate of drug-likeness (QED) is 0.831. The highest BCUT2D eigenvalue weighted by molar-refractivity contribution is 5.03. The van der Waals surface area contributed by atoms with E-state index in [1.807, 2.05) is 10.9 Å². The largest absolute Gasteiger partial charge is 0.396 e. The van der Waals surface area contributed by atoms with Crippen molar-refractivity contribution in [1.82, 2.24) is 14.7 Å². The van der Waals surface area contributed by atoms with Crippen LogP contribution in [0.4, 0.5) is 0 Å². The molecular formula is C12H21N3O. The fourth-order valence-electron chi connectivity index (χ4n) is 2.25. The minimum atomic E-state index is 0.349. The third-order valence-electron chi connectivity index (χ3n) is 3.38. The number of aliphatic hydroxyl groups is 1. The molecule has 0 saturated carbocycles. The van der Waals surface area contributed by atoms with Crippen molar-refractivity contribution in [1.29, 1.82) is 0 Å². The molecule has 2 rings (SSSR count). The number of likely N-dealkylation sites (tertiary alicyclic amines) is 1. The Morgan fingerprint density at radius 3 is 2.75 bits per heavy atom. The summed E-state index contributed by atoms with van der Waals surface area (Å²) in [4.78, 5) is 2.45. The summed E-state index contributed by atoms with van der Waals surface area (Å²) < 4.78 is 1.97. The highest BCUT2D eigenvalue weighted by Crippen LogP contribution is 2.18. The summed E-state index contributed by atoms with van der Waals surface area (Å²) in [7, 11) is 0. The maximum atomic E-state index is 9.07. The van der Waals surface area contributed by atoms with Crippen LogP contribution in [-0.4, -0.2) is 39.5 Å². The van der Waals surface area contributed by atoms with Crippen molar-refractivity contribution >= 4 is 0 Å². The summed E-state index contributed by atoms with van der Waals surface area (Å²) in [6.45, 7) is 6.58. The number of nitrogens with zero attached hydrogens (tertiary/aromatic N) is 3. The van der Waals surface area contributed by atoms with Crippen LogP contribution in [0, 0.1) is 5.92 Å². The van der Waals surface area contributed by atoms with Gasteiger partial charge in [0.15, 0.2) is 0 Å². The molecule has 4 heteroatoms. The predicted molar refractivity (Wildman–Crippen MR) is 63.0 cm³/mol. The van der Waals surface area contributed by atoms with Gasteiger partial charge in [-0.25, -0.2) is 0 Å². The Morgan fingerprint density at radius 2 is 2.19 bits per heavy atom. The molecule has 0 radical (unpaired) electrons. The Morgan fingerprint density at radius 1 is 1.44 bits per heavy atom. The number of hydrogen-bond acceptors (Lipinski definition) is 3. The molecule has 0 aromatic carbocycles. The van der Waals surface area contributed by atoms with Crippen LogP contribution in [0.1, 0.15) is 25.3 Å². The van der Waals surface area contributed by atoms with E-state index in [1.54, 1.807) is 0 Å². The Balaban J connectivity index is 1.82. The summed E-state index contributed by atoms with van der Waals surface area (Å²) >= 11 is 0. The lowest BCUT2D eigenvalue weighted by Crippen LogP contribution is -2.34. The Labute approximate surface area is 96.9 Å². The molecule has 0 aliphatic carbocycles. The maximum absolute atomic E-state index is 9.07. The van der Waals surface area contributed by atoms with Crippen molar-refractivity contribution in [2.24, 2.45) is 5.92 Å². The average Bonchev–Trinajstić information content (AvgIpc) is 2.78. The maximum Gasteiger partial charge on any atom is 0.0534 e. The first-order valence-corrected chi connectivity index (χ1v) is 6.16. The Bertz CT molecular complexity index is 316. The van der Waals surface area contributed by atoms with Gasteiger partial charge >= 0.3 is 0 Å². The lowest BCUT2D eigenvalue weighted by atomic mass is 9.98. The van der Waals surface area contributed by atoms with Crippen LogP contribution >= 0.6 is 0 Å². The van der Waals surface area contributed by atoms with Gasteiger partial charge in [-0.2, -0.15) is 5.10 Å². The molecule has 1 aliphatic heterocycles. The monoisotopic (exact) mass is 223 g/mol. The zero-order chi connectivity index (χ0) is 11.4. The minimum absolute atomic E-state index is 0.349. The van der Waals surface area contributed by atoms with Gasteiger partial charge in [-0.05, 0) is 38.8 Å². The van der Waals surface area contributed by atoms with E-state index in [0.717, 1.165) is 39.0 Å². The molecule has 0 amide bonds. The van der Waals surface area contributed by atoms with Crippen molar-refractivity contribution in [2.75, 3.05) is 19.7 Å². The third-order valence-corrected chi connectivity index (χ3v) is 3.38. The SMILES string of the molecule is CCn1cc(CN2CCC(CO)CC2)cn1. The lowest BCUT2D eigenvalue weighted by molar-refractivity contribution is 0.127. The second-order valence-electron chi connectivity index (χ2n) is 4.61. The van der Waals surface area contributed by atoms with Crippen molar-refractivity contribution in [3.8, 4) is 0 Å². The molecule has 0 spiro atoms. The number of piperidine rings is 1. The van der Waals surface area contributed by atoms with Crippen LogP contribution in [0.5, 0.6) is 0 Å². The molecule has 90 valence electrons. The van der Waals surface area contributed by atoms with Crippen molar-refractivity contribution in [3.05, 3.63) is 18.0 Å². The van der Waals surface area contributed by atoms with Gasteiger partial charge in [0.25, 0.3) is 0 Å². The van der Waals surface area contributed by atoms with E-state index in [2.05, 4.69) is 23.1 Å². The van der Waals surface area contributed by atoms with Crippen LogP contribution < -0.4 is 0 Å². The standard InChI is InChI=1S/C12H21N3O/c1-2-15-9-12(7-13-15)8-14-5-3-11(10-16)4-6-14/h7,9,11,16H,2-6,8,10H2,1H3. The van der Waals surface area contributed by atoms with E-state index >= 15 is 0 Å². The van der Waals surface area contributed by atoms with E-state index in [1.165, 1.54) is 5.56 Å². The van der Waals surface area contributed by atoms with Crippen molar-refractivity contribution in [2.45, 2.75) is 32.9 Å². The van der Waals surface area contributed by atoms with E-state index < -0.39 is 0 Å². The fourth-order valence-corrected chi connectivity index (χ4v) is 2.25. The molecule has 4 nitrogen and oxygen atoms in total. The zero-order valence-electron chi connectivity index (χ0n) is 9.97. The van der Waals surface area contributed by atoms with E-state index in [0.29, 0.717) is 12.5 Å². The Kier molecular flexibility index (Phi) is 3.96. The number of rotatable bonds is 4. The van der Waals surface area contributed by atoms with Crippen LogP contribution in [0.15, 0.2) is 12.4 Å². The molecule has 1 saturated heterocycles. The summed E-state index contributed by atoms with van der Waals surface area (Å²) in [5.74, 6) is 0.523. The molecule has 0 bridgehead atoms. The summed E-state index contributed by atoms with van der Waals surface area (Å²) in [6.07, 6.45) is 6.33. The third kappa shape index (κ3) is 2.83. The number of aryl methyl sites for hydroxylation is 1. The van der Waals surface area contributed by atoms with Gasteiger partial charge in [-0.3, -0.25) is 9.58 Å². The summed E-state index contributed by atoms with van der Waals surface area (Å²) in [5, 5.41) is 13.4. The molecule has 0 unspecified atom stereocenters. The first-order valence-electron chi connectivity index (χ1n) is 6.16. The van der Waals surface area contributed by atoms with Crippen molar-refractivity contribution < 1.29 is 5.11 Å². The zero-order valence-corrected chi connectivity index (χ0v) is 9.97. The smallest absolute Gasteiger partial charge is 0.0534 e. The van der Waals surface area contributed by atoms with Gasteiger partial charge in [0, 0.05) is 31.5 Å². The molecule has 1 aromatic heterocycles. The number of aliphatic hydroxyl groups excluding tert-OH is 1.